The number of ketones is 2. The Morgan fingerprint density at radius 1 is 1.06 bits per heavy atom. The number of nitrogens with one attached hydrogen (secondary N) is 1. The van der Waals surface area contributed by atoms with Crippen LogP contribution in [0.15, 0.2) is 64.9 Å². The monoisotopic (exact) mass is 488 g/mol. The Labute approximate surface area is 211 Å². The highest BCUT2D eigenvalue weighted by atomic mass is 16.5. The van der Waals surface area contributed by atoms with Crippen LogP contribution in [0.4, 0.5) is 4.79 Å². The third-order valence-corrected chi connectivity index (χ3v) is 6.85. The fourth-order valence-electron chi connectivity index (χ4n) is 5.06. The largest absolute Gasteiger partial charge is 0.511 e. The maximum Gasteiger partial charge on any atom is 0.407 e. The molecule has 36 heavy (non-hydrogen) atoms. The van der Waals surface area contributed by atoms with E-state index in [1.54, 1.807) is 6.92 Å². The SMILES string of the molecule is CC(=O)[C@@H](CN=C(C)C1=C(O)CC(C)(C)CC1=O)NC(=O)OCC1c2ccccc2-c2ccccc21. The predicted molar refractivity (Wildman–Crippen MR) is 138 cm³/mol. The third kappa shape index (κ3) is 5.25. The van der Waals surface area contributed by atoms with Crippen molar-refractivity contribution in [1.82, 2.24) is 5.32 Å². The summed E-state index contributed by atoms with van der Waals surface area (Å²) in [5, 5.41) is 13.0. The smallest absolute Gasteiger partial charge is 0.407 e. The van der Waals surface area contributed by atoms with Crippen LogP contribution in [0.1, 0.15) is 57.6 Å². The Morgan fingerprint density at radius 2 is 1.64 bits per heavy atom. The molecule has 0 bridgehead atoms. The molecule has 2 aromatic rings. The van der Waals surface area contributed by atoms with Crippen molar-refractivity contribution in [3.8, 4) is 11.1 Å². The number of aliphatic imine (C=N–C) groups is 1. The normalized spacial score (nSPS) is 17.9. The summed E-state index contributed by atoms with van der Waals surface area (Å²) in [6.45, 7) is 6.93. The molecule has 1 amide bonds. The van der Waals surface area contributed by atoms with Gasteiger partial charge in [0.15, 0.2) is 11.6 Å². The molecule has 1 atom stereocenters. The summed E-state index contributed by atoms with van der Waals surface area (Å²) in [5.74, 6) is -0.528. The Morgan fingerprint density at radius 3 is 2.19 bits per heavy atom. The van der Waals surface area contributed by atoms with Crippen LogP contribution in [0, 0.1) is 5.41 Å². The average Bonchev–Trinajstić information content (AvgIpc) is 3.12. The van der Waals surface area contributed by atoms with Gasteiger partial charge in [-0.25, -0.2) is 4.79 Å². The minimum Gasteiger partial charge on any atom is -0.511 e. The van der Waals surface area contributed by atoms with E-state index in [9.17, 15) is 19.5 Å². The molecule has 188 valence electrons. The minimum atomic E-state index is -0.909. The zero-order valence-electron chi connectivity index (χ0n) is 21.1. The predicted octanol–water partition coefficient (Wildman–Crippen LogP) is 5.14. The van der Waals surface area contributed by atoms with Crippen LogP contribution in [0.25, 0.3) is 11.1 Å². The summed E-state index contributed by atoms with van der Waals surface area (Å²) < 4.78 is 5.55. The molecule has 4 rings (SSSR count). The first-order valence-electron chi connectivity index (χ1n) is 12.2. The zero-order chi connectivity index (χ0) is 26.0. The minimum absolute atomic E-state index is 0.0152. The number of amides is 1. The van der Waals surface area contributed by atoms with E-state index >= 15 is 0 Å². The number of Topliss-reactive ketones (excluding diaryl/α,β-unsaturated/α-hetero) is 2. The number of hydrogen-bond acceptors (Lipinski definition) is 6. The number of aliphatic hydroxyl groups is 1. The standard InChI is InChI=1S/C29H32N2O5/c1-17(27-25(33)13-29(3,4)14-26(27)34)30-15-24(18(2)32)31-28(35)36-16-23-21-11-7-5-9-19(21)20-10-6-8-12-22(20)23/h5-12,23-24,33H,13-16H2,1-4H3,(H,31,35)/t24-/m1/s1. The highest BCUT2D eigenvalue weighted by molar-refractivity contribution is 6.22. The van der Waals surface area contributed by atoms with Crippen LogP contribution in [0.5, 0.6) is 0 Å². The number of aliphatic hydroxyl groups excluding tert-OH is 1. The van der Waals surface area contributed by atoms with Gasteiger partial charge in [0.25, 0.3) is 0 Å². The summed E-state index contributed by atoms with van der Waals surface area (Å²) in [5.41, 5.74) is 4.72. The third-order valence-electron chi connectivity index (χ3n) is 6.85. The van der Waals surface area contributed by atoms with E-state index in [-0.39, 0.29) is 47.4 Å². The maximum atomic E-state index is 12.6. The molecule has 0 fully saturated rings. The molecule has 2 N–H and O–H groups in total. The molecule has 7 heteroatoms. The Balaban J connectivity index is 1.41. The average molecular weight is 489 g/mol. The number of ether oxygens (including phenoxy) is 1. The highest BCUT2D eigenvalue weighted by Crippen LogP contribution is 2.44. The molecule has 0 radical (unpaired) electrons. The molecule has 0 saturated carbocycles. The first kappa shape index (κ1) is 25.4. The quantitative estimate of drug-likeness (QED) is 0.525. The lowest BCUT2D eigenvalue weighted by Crippen LogP contribution is -2.42. The molecule has 2 aliphatic rings. The lowest BCUT2D eigenvalue weighted by atomic mass is 9.76. The molecule has 0 unspecified atom stereocenters. The van der Waals surface area contributed by atoms with E-state index in [1.807, 2.05) is 50.2 Å². The summed E-state index contributed by atoms with van der Waals surface area (Å²) in [4.78, 5) is 41.7. The van der Waals surface area contributed by atoms with E-state index in [2.05, 4.69) is 22.4 Å². The molecule has 2 aliphatic carbocycles. The van der Waals surface area contributed by atoms with Crippen LogP contribution in [-0.4, -0.2) is 47.7 Å². The second-order valence-electron chi connectivity index (χ2n) is 10.3. The Bertz CT molecular complexity index is 1230. The zero-order valence-corrected chi connectivity index (χ0v) is 21.1. The van der Waals surface area contributed by atoms with Crippen LogP contribution < -0.4 is 5.32 Å². The molecule has 0 aromatic heterocycles. The van der Waals surface area contributed by atoms with Gasteiger partial charge in [-0.1, -0.05) is 62.4 Å². The number of carbonyl (C=O) groups is 3. The number of nitrogens with zero attached hydrogens (tertiary/aromatic N) is 1. The van der Waals surface area contributed by atoms with Gasteiger partial charge in [-0.3, -0.25) is 14.6 Å². The van der Waals surface area contributed by atoms with Gasteiger partial charge in [0.1, 0.15) is 18.4 Å². The number of alkyl carbamates (subject to hydrolysis) is 1. The van der Waals surface area contributed by atoms with Gasteiger partial charge in [-0.2, -0.15) is 0 Å². The van der Waals surface area contributed by atoms with E-state index in [0.29, 0.717) is 18.6 Å². The van der Waals surface area contributed by atoms with Gasteiger partial charge in [0, 0.05) is 24.5 Å². The fourth-order valence-corrected chi connectivity index (χ4v) is 5.06. The van der Waals surface area contributed by atoms with Crippen molar-refractivity contribution in [3.05, 3.63) is 71.0 Å². The van der Waals surface area contributed by atoms with Crippen LogP contribution in [0.2, 0.25) is 0 Å². The fraction of sp³-hybridized carbons (Fsp3) is 0.379. The number of fused-ring (bicyclic) bond motifs is 3. The summed E-state index contributed by atoms with van der Waals surface area (Å²) in [6, 6.07) is 15.2. The first-order chi connectivity index (χ1) is 17.1. The molecule has 0 aliphatic heterocycles. The first-order valence-corrected chi connectivity index (χ1v) is 12.2. The van der Waals surface area contributed by atoms with Gasteiger partial charge in [-0.05, 0) is 41.5 Å². The van der Waals surface area contributed by atoms with Crippen molar-refractivity contribution in [1.29, 1.82) is 0 Å². The molecule has 0 heterocycles. The van der Waals surface area contributed by atoms with Crippen molar-refractivity contribution in [3.63, 3.8) is 0 Å². The van der Waals surface area contributed by atoms with Crippen molar-refractivity contribution in [2.24, 2.45) is 10.4 Å². The van der Waals surface area contributed by atoms with E-state index in [1.165, 1.54) is 6.92 Å². The van der Waals surface area contributed by atoms with Crippen LogP contribution in [-0.2, 0) is 14.3 Å². The highest BCUT2D eigenvalue weighted by Gasteiger charge is 2.34. The molecule has 0 spiro atoms. The Hall–Kier alpha value is -3.74. The summed E-state index contributed by atoms with van der Waals surface area (Å²) >= 11 is 0. The lowest BCUT2D eigenvalue weighted by molar-refractivity contribution is -0.119. The summed E-state index contributed by atoms with van der Waals surface area (Å²) in [6.07, 6.45) is -0.00916. The van der Waals surface area contributed by atoms with Gasteiger partial charge >= 0.3 is 6.09 Å². The number of benzene rings is 2. The van der Waals surface area contributed by atoms with Crippen LogP contribution >= 0.6 is 0 Å². The number of allylic oxidation sites excluding steroid dienone is 2. The van der Waals surface area contributed by atoms with Gasteiger partial charge in [0.05, 0.1) is 12.1 Å². The van der Waals surface area contributed by atoms with Gasteiger partial charge in [0.2, 0.25) is 0 Å². The number of carbonyl (C=O) groups excluding carboxylic acids is 3. The lowest BCUT2D eigenvalue weighted by Gasteiger charge is -2.29. The molecular weight excluding hydrogens is 456 g/mol. The van der Waals surface area contributed by atoms with Crippen molar-refractivity contribution >= 4 is 23.4 Å². The molecule has 7 nitrogen and oxygen atoms in total. The van der Waals surface area contributed by atoms with Crippen molar-refractivity contribution < 1.29 is 24.2 Å². The summed E-state index contributed by atoms with van der Waals surface area (Å²) in [7, 11) is 0. The number of hydrogen-bond donors (Lipinski definition) is 2. The van der Waals surface area contributed by atoms with Gasteiger partial charge < -0.3 is 15.2 Å². The molecule has 0 saturated heterocycles. The second kappa shape index (κ2) is 10.1. The van der Waals surface area contributed by atoms with Crippen LogP contribution in [0.3, 0.4) is 0 Å². The van der Waals surface area contributed by atoms with E-state index in [0.717, 1.165) is 22.3 Å². The second-order valence-corrected chi connectivity index (χ2v) is 10.3. The van der Waals surface area contributed by atoms with Crippen molar-refractivity contribution in [2.75, 3.05) is 13.2 Å². The van der Waals surface area contributed by atoms with E-state index in [4.69, 9.17) is 4.74 Å². The van der Waals surface area contributed by atoms with E-state index < -0.39 is 12.1 Å². The maximum absolute atomic E-state index is 12.6. The number of rotatable bonds is 7. The van der Waals surface area contributed by atoms with Crippen molar-refractivity contribution in [2.45, 2.75) is 52.5 Å². The topological polar surface area (TPSA) is 105 Å². The molecule has 2 aromatic carbocycles. The molecular formula is C29H32N2O5. The Kier molecular flexibility index (Phi) is 7.11. The van der Waals surface area contributed by atoms with Gasteiger partial charge in [-0.15, -0.1) is 0 Å².